The van der Waals surface area contributed by atoms with Crippen LogP contribution in [-0.4, -0.2) is 59.7 Å². The van der Waals surface area contributed by atoms with Crippen molar-refractivity contribution in [1.29, 1.82) is 10.5 Å². The molecule has 0 aliphatic carbocycles. The van der Waals surface area contributed by atoms with E-state index in [9.17, 15) is 20.4 Å². The van der Waals surface area contributed by atoms with Gasteiger partial charge in [-0.2, -0.15) is 10.5 Å². The SMILES string of the molecule is CCc1c(C#N)c(SC(C(N)=O)c2ccccc2)nc(N2CCCN(CC(C)O)CC2)c1C#N. The molecule has 2 aromatic rings. The number of hydrogen-bond acceptors (Lipinski definition) is 8. The molecule has 8 nitrogen and oxygen atoms in total. The van der Waals surface area contributed by atoms with E-state index in [4.69, 9.17) is 10.7 Å². The molecule has 3 N–H and O–H groups in total. The maximum absolute atomic E-state index is 12.3. The van der Waals surface area contributed by atoms with E-state index in [0.717, 1.165) is 36.8 Å². The molecule has 1 saturated heterocycles. The third-order valence-corrected chi connectivity index (χ3v) is 7.09. The first-order chi connectivity index (χ1) is 16.4. The number of aromatic nitrogens is 1. The van der Waals surface area contributed by atoms with E-state index in [2.05, 4.69) is 21.9 Å². The monoisotopic (exact) mass is 478 g/mol. The van der Waals surface area contributed by atoms with E-state index >= 15 is 0 Å². The minimum absolute atomic E-state index is 0.320. The smallest absolute Gasteiger partial charge is 0.235 e. The molecule has 2 heterocycles. The Hall–Kier alpha value is -3.11. The summed E-state index contributed by atoms with van der Waals surface area (Å²) >= 11 is 1.15. The number of aliphatic hydroxyl groups is 1. The van der Waals surface area contributed by atoms with Gasteiger partial charge in [-0.05, 0) is 37.4 Å². The molecule has 1 aromatic heterocycles. The lowest BCUT2D eigenvalue weighted by Gasteiger charge is -2.26. The quantitative estimate of drug-likeness (QED) is 0.554. The first-order valence-electron chi connectivity index (χ1n) is 11.4. The fourth-order valence-corrected chi connectivity index (χ4v) is 5.32. The molecule has 3 rings (SSSR count). The number of amides is 1. The minimum Gasteiger partial charge on any atom is -0.392 e. The molecule has 9 heteroatoms. The van der Waals surface area contributed by atoms with Crippen molar-refractivity contribution in [2.75, 3.05) is 37.6 Å². The first-order valence-corrected chi connectivity index (χ1v) is 12.3. The summed E-state index contributed by atoms with van der Waals surface area (Å²) < 4.78 is 0. The van der Waals surface area contributed by atoms with Crippen LogP contribution < -0.4 is 10.6 Å². The molecule has 34 heavy (non-hydrogen) atoms. The zero-order valence-corrected chi connectivity index (χ0v) is 20.4. The van der Waals surface area contributed by atoms with E-state index in [1.54, 1.807) is 6.92 Å². The normalized spacial score (nSPS) is 16.2. The summed E-state index contributed by atoms with van der Waals surface area (Å²) in [5, 5.41) is 29.4. The molecule has 1 aromatic carbocycles. The molecular formula is C25H30N6O2S. The molecule has 1 amide bonds. The fraction of sp³-hybridized carbons (Fsp3) is 0.440. The van der Waals surface area contributed by atoms with Crippen LogP contribution >= 0.6 is 11.8 Å². The third-order valence-electron chi connectivity index (χ3n) is 5.83. The van der Waals surface area contributed by atoms with Gasteiger partial charge in [0.1, 0.15) is 28.2 Å². The Balaban J connectivity index is 2.04. The number of nitrogens with zero attached hydrogens (tertiary/aromatic N) is 5. The van der Waals surface area contributed by atoms with Gasteiger partial charge in [0.25, 0.3) is 0 Å². The van der Waals surface area contributed by atoms with Gasteiger partial charge >= 0.3 is 0 Å². The molecule has 1 aliphatic rings. The maximum Gasteiger partial charge on any atom is 0.235 e. The summed E-state index contributed by atoms with van der Waals surface area (Å²) in [4.78, 5) is 21.4. The van der Waals surface area contributed by atoms with E-state index in [0.29, 0.717) is 53.6 Å². The van der Waals surface area contributed by atoms with Gasteiger partial charge in [-0.3, -0.25) is 9.69 Å². The van der Waals surface area contributed by atoms with Crippen LogP contribution in [0.2, 0.25) is 0 Å². The van der Waals surface area contributed by atoms with Gasteiger partial charge in [-0.1, -0.05) is 49.0 Å². The third kappa shape index (κ3) is 5.87. The Kier molecular flexibility index (Phi) is 8.89. The van der Waals surface area contributed by atoms with Gasteiger partial charge in [0.2, 0.25) is 5.91 Å². The Morgan fingerprint density at radius 3 is 2.47 bits per heavy atom. The van der Waals surface area contributed by atoms with Crippen molar-refractivity contribution in [3.8, 4) is 12.1 Å². The van der Waals surface area contributed by atoms with Gasteiger partial charge in [0.15, 0.2) is 0 Å². The molecule has 0 bridgehead atoms. The van der Waals surface area contributed by atoms with Crippen LogP contribution in [0.5, 0.6) is 0 Å². The number of carbonyl (C=O) groups is 1. The Labute approximate surface area is 205 Å². The van der Waals surface area contributed by atoms with Crippen LogP contribution in [0.3, 0.4) is 0 Å². The topological polar surface area (TPSA) is 130 Å². The number of pyridine rings is 1. The summed E-state index contributed by atoms with van der Waals surface area (Å²) in [7, 11) is 0. The summed E-state index contributed by atoms with van der Waals surface area (Å²) in [6, 6.07) is 13.7. The number of aliphatic hydroxyl groups excluding tert-OH is 1. The lowest BCUT2D eigenvalue weighted by molar-refractivity contribution is -0.117. The van der Waals surface area contributed by atoms with Crippen molar-refractivity contribution < 1.29 is 9.90 Å². The molecule has 178 valence electrons. The van der Waals surface area contributed by atoms with Gasteiger partial charge < -0.3 is 15.7 Å². The fourth-order valence-electron chi connectivity index (χ4n) is 4.27. The van der Waals surface area contributed by atoms with E-state index in [1.807, 2.05) is 37.3 Å². The first kappa shape index (κ1) is 25.5. The van der Waals surface area contributed by atoms with Crippen molar-refractivity contribution in [3.05, 3.63) is 52.6 Å². The van der Waals surface area contributed by atoms with E-state index in [-0.39, 0.29) is 0 Å². The average Bonchev–Trinajstić information content (AvgIpc) is 3.06. The molecule has 0 spiro atoms. The molecule has 0 radical (unpaired) electrons. The number of thioether (sulfide) groups is 1. The predicted octanol–water partition coefficient (Wildman–Crippen LogP) is 2.60. The number of β-amino-alcohol motifs (C(OH)–C–C–N with tert-alkyl or cyclic N) is 1. The van der Waals surface area contributed by atoms with Gasteiger partial charge in [0.05, 0.1) is 17.2 Å². The van der Waals surface area contributed by atoms with Gasteiger partial charge in [-0.15, -0.1) is 0 Å². The van der Waals surface area contributed by atoms with Crippen molar-refractivity contribution in [2.45, 2.75) is 43.1 Å². The Morgan fingerprint density at radius 1 is 1.18 bits per heavy atom. The summed E-state index contributed by atoms with van der Waals surface area (Å²) in [5.74, 6) is 0.0189. The van der Waals surface area contributed by atoms with E-state index < -0.39 is 17.3 Å². The highest BCUT2D eigenvalue weighted by atomic mass is 32.2. The lowest BCUT2D eigenvalue weighted by Crippen LogP contribution is -2.35. The highest BCUT2D eigenvalue weighted by Crippen LogP contribution is 2.39. The van der Waals surface area contributed by atoms with Crippen LogP contribution in [-0.2, 0) is 11.2 Å². The lowest BCUT2D eigenvalue weighted by atomic mass is 10.0. The molecule has 0 saturated carbocycles. The Morgan fingerprint density at radius 2 is 1.88 bits per heavy atom. The average molecular weight is 479 g/mol. The number of hydrogen-bond donors (Lipinski definition) is 2. The molecule has 2 unspecified atom stereocenters. The number of anilines is 1. The highest BCUT2D eigenvalue weighted by molar-refractivity contribution is 8.00. The Bertz CT molecular complexity index is 1090. The summed E-state index contributed by atoms with van der Waals surface area (Å²) in [5.41, 5.74) is 7.83. The predicted molar refractivity (Wildman–Crippen MR) is 132 cm³/mol. The van der Waals surface area contributed by atoms with Crippen LogP contribution in [0.4, 0.5) is 5.82 Å². The largest absolute Gasteiger partial charge is 0.392 e. The van der Waals surface area contributed by atoms with E-state index in [1.165, 1.54) is 0 Å². The van der Waals surface area contributed by atoms with Crippen molar-refractivity contribution in [2.24, 2.45) is 5.73 Å². The zero-order chi connectivity index (χ0) is 24.7. The summed E-state index contributed by atoms with van der Waals surface area (Å²) in [6.45, 7) is 7.20. The van der Waals surface area contributed by atoms with Gasteiger partial charge in [0, 0.05) is 26.2 Å². The van der Waals surface area contributed by atoms with Crippen molar-refractivity contribution in [1.82, 2.24) is 9.88 Å². The van der Waals surface area contributed by atoms with Crippen LogP contribution in [0.15, 0.2) is 35.4 Å². The van der Waals surface area contributed by atoms with Crippen molar-refractivity contribution >= 4 is 23.5 Å². The van der Waals surface area contributed by atoms with Crippen LogP contribution in [0.25, 0.3) is 0 Å². The molecule has 1 aliphatic heterocycles. The van der Waals surface area contributed by atoms with Crippen molar-refractivity contribution in [3.63, 3.8) is 0 Å². The number of carbonyl (C=O) groups excluding carboxylic acids is 1. The standard InChI is InChI=1S/C25H30N6O2S/c1-3-19-20(14-26)24(31-11-7-10-30(12-13-31)16-17(2)32)29-25(21(19)15-27)34-22(23(28)33)18-8-5-4-6-9-18/h4-6,8-9,17,22,32H,3,7,10-13,16H2,1-2H3,(H2,28,33). The number of benzene rings is 1. The summed E-state index contributed by atoms with van der Waals surface area (Å²) in [6.07, 6.45) is 0.938. The number of rotatable bonds is 8. The highest BCUT2D eigenvalue weighted by Gasteiger charge is 2.28. The maximum atomic E-state index is 12.3. The zero-order valence-electron chi connectivity index (χ0n) is 19.6. The van der Waals surface area contributed by atoms with Crippen LogP contribution in [0.1, 0.15) is 47.8 Å². The second-order valence-corrected chi connectivity index (χ2v) is 9.44. The van der Waals surface area contributed by atoms with Crippen LogP contribution in [0, 0.1) is 22.7 Å². The molecule has 1 fully saturated rings. The second-order valence-electron chi connectivity index (χ2n) is 8.35. The number of primary amides is 1. The number of nitriles is 2. The van der Waals surface area contributed by atoms with Gasteiger partial charge in [-0.25, -0.2) is 4.98 Å². The minimum atomic E-state index is -0.711. The number of nitrogens with two attached hydrogens (primary N) is 1. The molecular weight excluding hydrogens is 448 g/mol. The second kappa shape index (κ2) is 11.8. The molecule has 2 atom stereocenters.